The molecule has 8 bridgehead atoms. The van der Waals surface area contributed by atoms with Crippen LogP contribution >= 0.6 is 15.9 Å². The maximum absolute atomic E-state index is 13.2. The van der Waals surface area contributed by atoms with Gasteiger partial charge < -0.3 is 40.7 Å². The van der Waals surface area contributed by atoms with E-state index in [-0.39, 0.29) is 62.5 Å². The average Bonchev–Trinajstić information content (AvgIpc) is 3.39. The third-order valence-electron chi connectivity index (χ3n) is 13.7. The summed E-state index contributed by atoms with van der Waals surface area (Å²) in [6.07, 6.45) is 5.25. The largest absolute Gasteiger partial charge is 0.396 e. The molecule has 5 N–H and O–H groups in total. The van der Waals surface area contributed by atoms with E-state index in [1.807, 2.05) is 75.4 Å². The minimum Gasteiger partial charge on any atom is -0.396 e. The molecule has 0 unspecified atom stereocenters. The SMILES string of the molecule is O=C(CBr)N1CCC(CO)CC1.O=C(CN1Cc2cccc(n2)CN(CC(=O)N2CCC(CO)CC2)Cc2cccc(n2)C1)N1CCC(CO)CC1.c1cc2nc(c1)CNCc1cccc(n1)CNC2. The molecule has 0 spiro atoms. The lowest BCUT2D eigenvalue weighted by Gasteiger charge is -2.33. The van der Waals surface area contributed by atoms with E-state index in [0.717, 1.165) is 123 Å². The van der Waals surface area contributed by atoms with E-state index in [0.29, 0.717) is 63.6 Å². The number of nitrogens with zero attached hydrogens (tertiary/aromatic N) is 9. The van der Waals surface area contributed by atoms with E-state index < -0.39 is 0 Å². The van der Waals surface area contributed by atoms with Gasteiger partial charge >= 0.3 is 0 Å². The lowest BCUT2D eigenvalue weighted by Crippen LogP contribution is -2.45. The Morgan fingerprint density at radius 1 is 0.443 bits per heavy atom. The van der Waals surface area contributed by atoms with Gasteiger partial charge in [0.15, 0.2) is 0 Å². The fourth-order valence-corrected chi connectivity index (χ4v) is 9.87. The molecular weight excluding hydrogens is 955 g/mol. The summed E-state index contributed by atoms with van der Waals surface area (Å²) in [6.45, 7) is 10.8. The van der Waals surface area contributed by atoms with Gasteiger partial charge in [-0.3, -0.25) is 44.1 Å². The molecule has 17 nitrogen and oxygen atoms in total. The van der Waals surface area contributed by atoms with Crippen LogP contribution in [0.25, 0.3) is 0 Å². The van der Waals surface area contributed by atoms with Gasteiger partial charge in [-0.1, -0.05) is 40.2 Å². The van der Waals surface area contributed by atoms with Gasteiger partial charge in [-0.05, 0) is 105 Å². The van der Waals surface area contributed by atoms with Crippen molar-refractivity contribution in [2.24, 2.45) is 17.8 Å². The van der Waals surface area contributed by atoms with Crippen LogP contribution in [0.5, 0.6) is 0 Å². The van der Waals surface area contributed by atoms with Crippen LogP contribution in [-0.2, 0) is 66.7 Å². The molecule has 0 aromatic carbocycles. The molecule has 4 aromatic rings. The van der Waals surface area contributed by atoms with Gasteiger partial charge in [-0.2, -0.15) is 0 Å². The van der Waals surface area contributed by atoms with Gasteiger partial charge in [0.2, 0.25) is 17.7 Å². The van der Waals surface area contributed by atoms with Gasteiger partial charge in [0.25, 0.3) is 0 Å². The number of alkyl halides is 1. The van der Waals surface area contributed by atoms with Crippen molar-refractivity contribution in [1.82, 2.24) is 55.1 Å². The fourth-order valence-electron chi connectivity index (χ4n) is 9.51. The molecule has 5 aliphatic heterocycles. The van der Waals surface area contributed by atoms with Crippen molar-refractivity contribution in [2.75, 3.05) is 77.5 Å². The Hall–Kier alpha value is -4.79. The lowest BCUT2D eigenvalue weighted by molar-refractivity contribution is -0.135. The second kappa shape index (κ2) is 27.7. The Labute approximate surface area is 421 Å². The average molecular weight is 1030 g/mol. The molecule has 18 heteroatoms. The lowest BCUT2D eigenvalue weighted by atomic mass is 9.98. The molecule has 3 amide bonds. The molecule has 0 saturated carbocycles. The van der Waals surface area contributed by atoms with Crippen molar-refractivity contribution in [3.05, 3.63) is 118 Å². The molecule has 0 atom stereocenters. The molecule has 4 aromatic heterocycles. The third kappa shape index (κ3) is 16.7. The van der Waals surface area contributed by atoms with Crippen molar-refractivity contribution in [3.63, 3.8) is 0 Å². The summed E-state index contributed by atoms with van der Waals surface area (Å²) in [6, 6.07) is 24.3. The molecule has 3 saturated heterocycles. The monoisotopic (exact) mass is 1030 g/mol. The number of fused-ring (bicyclic) bond motifs is 8. The van der Waals surface area contributed by atoms with Gasteiger partial charge in [-0.25, -0.2) is 0 Å². The van der Waals surface area contributed by atoms with Crippen LogP contribution in [0.4, 0.5) is 0 Å². The first kappa shape index (κ1) is 53.0. The summed E-state index contributed by atoms with van der Waals surface area (Å²) in [5.74, 6) is 1.35. The third-order valence-corrected chi connectivity index (χ3v) is 14.2. The highest BCUT2D eigenvalue weighted by Crippen LogP contribution is 2.21. The minimum atomic E-state index is 0.100. The number of carbonyl (C=O) groups excluding carboxylic acids is 3. The van der Waals surface area contributed by atoms with Crippen molar-refractivity contribution in [1.29, 1.82) is 0 Å². The number of amides is 3. The zero-order valence-corrected chi connectivity index (χ0v) is 42.1. The number of aliphatic hydroxyl groups excluding tert-OH is 3. The number of rotatable bonds is 8. The number of aliphatic hydroxyl groups is 3. The van der Waals surface area contributed by atoms with Gasteiger partial charge in [0.05, 0.1) is 64.0 Å². The zero-order chi connectivity index (χ0) is 49.1. The number of aromatic nitrogens is 4. The first-order chi connectivity index (χ1) is 34.2. The summed E-state index contributed by atoms with van der Waals surface area (Å²) in [5.41, 5.74) is 7.85. The molecule has 0 aliphatic carbocycles. The zero-order valence-electron chi connectivity index (χ0n) is 40.5. The van der Waals surface area contributed by atoms with E-state index in [9.17, 15) is 24.6 Å². The predicted octanol–water partition coefficient (Wildman–Crippen LogP) is 3.24. The quantitative estimate of drug-likeness (QED) is 0.161. The Morgan fingerprint density at radius 2 is 0.700 bits per heavy atom. The smallest absolute Gasteiger partial charge is 0.236 e. The van der Waals surface area contributed by atoms with E-state index in [4.69, 9.17) is 15.1 Å². The first-order valence-corrected chi connectivity index (χ1v) is 26.2. The van der Waals surface area contributed by atoms with Crippen LogP contribution in [0.2, 0.25) is 0 Å². The Morgan fingerprint density at radius 3 is 0.971 bits per heavy atom. The van der Waals surface area contributed by atoms with Crippen molar-refractivity contribution in [2.45, 2.75) is 90.9 Å². The Kier molecular flexibility index (Phi) is 21.0. The maximum atomic E-state index is 13.2. The molecule has 9 heterocycles. The molecule has 378 valence electrons. The highest BCUT2D eigenvalue weighted by molar-refractivity contribution is 9.09. The summed E-state index contributed by atoms with van der Waals surface area (Å²) in [7, 11) is 0. The van der Waals surface area contributed by atoms with Crippen molar-refractivity contribution < 1.29 is 29.7 Å². The van der Waals surface area contributed by atoms with Gasteiger partial charge in [-0.15, -0.1) is 0 Å². The molecular formula is C52H72BrN11O6. The molecule has 70 heavy (non-hydrogen) atoms. The van der Waals surface area contributed by atoms with Crippen molar-refractivity contribution >= 4 is 33.7 Å². The number of pyridine rings is 4. The summed E-state index contributed by atoms with van der Waals surface area (Å²) >= 11 is 3.14. The number of piperidine rings is 3. The van der Waals surface area contributed by atoms with E-state index in [1.165, 1.54) is 0 Å². The number of hydrogen-bond donors (Lipinski definition) is 5. The molecule has 0 radical (unpaired) electrons. The number of carbonyl (C=O) groups is 3. The van der Waals surface area contributed by atoms with Gasteiger partial charge in [0.1, 0.15) is 0 Å². The van der Waals surface area contributed by atoms with Crippen LogP contribution in [0.15, 0.2) is 72.8 Å². The summed E-state index contributed by atoms with van der Waals surface area (Å²) in [4.78, 5) is 66.5. The maximum Gasteiger partial charge on any atom is 0.236 e. The molecule has 3 fully saturated rings. The summed E-state index contributed by atoms with van der Waals surface area (Å²) in [5, 5.41) is 34.9. The second-order valence-electron chi connectivity index (χ2n) is 19.1. The number of likely N-dealkylation sites (tertiary alicyclic amines) is 3. The molecule has 9 rings (SSSR count). The normalized spacial score (nSPS) is 18.9. The van der Waals surface area contributed by atoms with E-state index >= 15 is 0 Å². The standard InChI is InChI=1S/C30H42N6O4.C14H16N4.C8H14BrNO2/c37-21-23-7-11-35(12-8-23)29(39)19-33-15-25-3-1-4-26(31-25)16-34(18-28-6-2-5-27(17-33)32-28)20-30(40)36-13-9-24(22-38)10-14-36;1-3-11-7-15-9-13-5-2-6-14(18-13)10-16-8-12(4-1)17-11;9-5-8(12)10-3-1-7(6-11)2-4-10/h1-6,23-24,37-38H,7-22H2;1-6,15-16H,7-10H2;7,11H,1-6H2. The fraction of sp³-hybridized carbons (Fsp3) is 0.558. The van der Waals surface area contributed by atoms with Crippen LogP contribution in [0.1, 0.15) is 84.1 Å². The van der Waals surface area contributed by atoms with Crippen LogP contribution in [-0.4, -0.2) is 155 Å². The number of hydrogen-bond acceptors (Lipinski definition) is 14. The van der Waals surface area contributed by atoms with Gasteiger partial charge in [0, 0.05) is 111 Å². The minimum absolute atomic E-state index is 0.100. The van der Waals surface area contributed by atoms with Crippen LogP contribution in [0.3, 0.4) is 0 Å². The molecule has 5 aliphatic rings. The second-order valence-corrected chi connectivity index (χ2v) is 19.7. The predicted molar refractivity (Wildman–Crippen MR) is 269 cm³/mol. The van der Waals surface area contributed by atoms with Crippen molar-refractivity contribution in [3.8, 4) is 0 Å². The highest BCUT2D eigenvalue weighted by Gasteiger charge is 2.27. The van der Waals surface area contributed by atoms with E-state index in [1.54, 1.807) is 0 Å². The van der Waals surface area contributed by atoms with E-state index in [2.05, 4.69) is 58.5 Å². The van der Waals surface area contributed by atoms with Crippen LogP contribution in [0, 0.1) is 17.8 Å². The topological polar surface area (TPSA) is 204 Å². The number of halogens is 1. The first-order valence-electron chi connectivity index (χ1n) is 25.0. The highest BCUT2D eigenvalue weighted by atomic mass is 79.9. The Balaban J connectivity index is 0.000000196. The summed E-state index contributed by atoms with van der Waals surface area (Å²) < 4.78 is 0. The Bertz CT molecular complexity index is 2050. The van der Waals surface area contributed by atoms with Crippen LogP contribution < -0.4 is 10.6 Å². The number of nitrogens with one attached hydrogen (secondary N) is 2.